The van der Waals surface area contributed by atoms with Crippen LogP contribution in [0, 0.1) is 6.92 Å². The third-order valence-corrected chi connectivity index (χ3v) is 4.86. The summed E-state index contributed by atoms with van der Waals surface area (Å²) in [5.41, 5.74) is 8.14. The van der Waals surface area contributed by atoms with Crippen molar-refractivity contribution in [1.29, 1.82) is 0 Å². The fraction of sp³-hybridized carbons (Fsp3) is 0.312. The monoisotopic (exact) mass is 285 g/mol. The molecule has 0 aliphatic carbocycles. The van der Waals surface area contributed by atoms with Crippen molar-refractivity contribution in [3.63, 3.8) is 0 Å². The molecular weight excluding hydrogens is 266 g/mol. The number of thiophene rings is 1. The van der Waals surface area contributed by atoms with E-state index in [2.05, 4.69) is 55.2 Å². The molecule has 0 amide bonds. The molecule has 1 aromatic carbocycles. The zero-order chi connectivity index (χ0) is 14.3. The van der Waals surface area contributed by atoms with E-state index in [1.54, 1.807) is 0 Å². The van der Waals surface area contributed by atoms with Crippen LogP contribution in [0.15, 0.2) is 41.4 Å². The average molecular weight is 285 g/mol. The Morgan fingerprint density at radius 1 is 1.30 bits per heavy atom. The number of hydrogen-bond donors (Lipinski definition) is 1. The largest absolute Gasteiger partial charge is 0.370 e. The standard InChI is InChI=1S/C16H19N3S/c1-11-7-8-14(20-11)12-5-4-6-13(9-12)16(2)10-19(3)15(17)18-16/h4-9H,10H2,1-3H3,(H2,17,18). The van der Waals surface area contributed by atoms with Crippen molar-refractivity contribution < 1.29 is 0 Å². The maximum atomic E-state index is 5.92. The van der Waals surface area contributed by atoms with Gasteiger partial charge in [0, 0.05) is 23.3 Å². The zero-order valence-electron chi connectivity index (χ0n) is 12.1. The van der Waals surface area contributed by atoms with Crippen LogP contribution in [-0.2, 0) is 5.54 Å². The molecule has 1 aromatic heterocycles. The SMILES string of the molecule is Cc1ccc(-c2cccc(C3(C)CN(C)C(N)=N3)c2)s1. The van der Waals surface area contributed by atoms with E-state index in [9.17, 15) is 0 Å². The van der Waals surface area contributed by atoms with Gasteiger partial charge in [0.15, 0.2) is 5.96 Å². The molecule has 0 radical (unpaired) electrons. The van der Waals surface area contributed by atoms with Crippen molar-refractivity contribution in [2.24, 2.45) is 10.7 Å². The Morgan fingerprint density at radius 3 is 2.70 bits per heavy atom. The third kappa shape index (κ3) is 2.20. The smallest absolute Gasteiger partial charge is 0.192 e. The number of likely N-dealkylation sites (N-methyl/N-ethyl adjacent to an activating group) is 1. The highest BCUT2D eigenvalue weighted by Crippen LogP contribution is 2.34. The van der Waals surface area contributed by atoms with Crippen molar-refractivity contribution in [2.75, 3.05) is 13.6 Å². The first-order valence-electron chi connectivity index (χ1n) is 6.72. The molecule has 0 spiro atoms. The van der Waals surface area contributed by atoms with E-state index >= 15 is 0 Å². The van der Waals surface area contributed by atoms with Crippen LogP contribution in [-0.4, -0.2) is 24.5 Å². The predicted octanol–water partition coefficient (Wildman–Crippen LogP) is 3.20. The van der Waals surface area contributed by atoms with Crippen molar-refractivity contribution in [2.45, 2.75) is 19.4 Å². The quantitative estimate of drug-likeness (QED) is 0.920. The number of aliphatic imine (C=N–C) groups is 1. The van der Waals surface area contributed by atoms with E-state index in [1.807, 2.05) is 23.3 Å². The second-order valence-electron chi connectivity index (χ2n) is 5.59. The minimum absolute atomic E-state index is 0.249. The molecule has 3 rings (SSSR count). The summed E-state index contributed by atoms with van der Waals surface area (Å²) < 4.78 is 0. The van der Waals surface area contributed by atoms with Crippen LogP contribution in [0.1, 0.15) is 17.4 Å². The van der Waals surface area contributed by atoms with Gasteiger partial charge in [0.2, 0.25) is 0 Å². The number of nitrogens with zero attached hydrogens (tertiary/aromatic N) is 2. The molecule has 0 bridgehead atoms. The van der Waals surface area contributed by atoms with Crippen LogP contribution in [0.4, 0.5) is 0 Å². The molecular formula is C16H19N3S. The van der Waals surface area contributed by atoms with E-state index in [0.29, 0.717) is 5.96 Å². The fourth-order valence-corrected chi connectivity index (χ4v) is 3.53. The van der Waals surface area contributed by atoms with E-state index in [-0.39, 0.29) is 5.54 Å². The highest BCUT2D eigenvalue weighted by atomic mass is 32.1. The van der Waals surface area contributed by atoms with Gasteiger partial charge in [-0.2, -0.15) is 0 Å². The van der Waals surface area contributed by atoms with Crippen LogP contribution < -0.4 is 5.73 Å². The molecule has 2 aromatic rings. The number of nitrogens with two attached hydrogens (primary N) is 1. The molecule has 2 N–H and O–H groups in total. The van der Waals surface area contributed by atoms with Gasteiger partial charge < -0.3 is 10.6 Å². The Morgan fingerprint density at radius 2 is 2.10 bits per heavy atom. The molecule has 1 aliphatic heterocycles. The van der Waals surface area contributed by atoms with Crippen molar-refractivity contribution in [1.82, 2.24) is 4.90 Å². The van der Waals surface area contributed by atoms with Crippen molar-refractivity contribution in [3.05, 3.63) is 46.8 Å². The molecule has 20 heavy (non-hydrogen) atoms. The summed E-state index contributed by atoms with van der Waals surface area (Å²) in [7, 11) is 1.98. The summed E-state index contributed by atoms with van der Waals surface area (Å²) in [5, 5.41) is 0. The second-order valence-corrected chi connectivity index (χ2v) is 6.88. The number of aryl methyl sites for hydroxylation is 1. The summed E-state index contributed by atoms with van der Waals surface area (Å²) in [5.74, 6) is 0.616. The molecule has 1 unspecified atom stereocenters. The normalized spacial score (nSPS) is 22.1. The van der Waals surface area contributed by atoms with Gasteiger partial charge in [-0.3, -0.25) is 0 Å². The lowest BCUT2D eigenvalue weighted by Gasteiger charge is -2.22. The Bertz CT molecular complexity index is 674. The van der Waals surface area contributed by atoms with Crippen molar-refractivity contribution >= 4 is 17.3 Å². The maximum Gasteiger partial charge on any atom is 0.192 e. The Labute approximate surface area is 123 Å². The van der Waals surface area contributed by atoms with Crippen LogP contribution in [0.5, 0.6) is 0 Å². The molecule has 0 saturated heterocycles. The Balaban J connectivity index is 2.00. The van der Waals surface area contributed by atoms with Gasteiger partial charge in [-0.05, 0) is 43.2 Å². The Hall–Kier alpha value is -1.81. The summed E-state index contributed by atoms with van der Waals surface area (Å²) in [4.78, 5) is 9.27. The van der Waals surface area contributed by atoms with Gasteiger partial charge in [-0.25, -0.2) is 4.99 Å². The average Bonchev–Trinajstić information content (AvgIpc) is 2.95. The first-order valence-corrected chi connectivity index (χ1v) is 7.53. The first-order chi connectivity index (χ1) is 9.48. The first kappa shape index (κ1) is 13.2. The molecule has 104 valence electrons. The van der Waals surface area contributed by atoms with Gasteiger partial charge in [0.25, 0.3) is 0 Å². The number of rotatable bonds is 2. The lowest BCUT2D eigenvalue weighted by molar-refractivity contribution is 0.409. The maximum absolute atomic E-state index is 5.92. The summed E-state index contributed by atoms with van der Waals surface area (Å²) >= 11 is 1.82. The zero-order valence-corrected chi connectivity index (χ0v) is 12.9. The highest BCUT2D eigenvalue weighted by Gasteiger charge is 2.34. The molecule has 0 saturated carbocycles. The second kappa shape index (κ2) is 4.63. The van der Waals surface area contributed by atoms with Gasteiger partial charge >= 0.3 is 0 Å². The lowest BCUT2D eigenvalue weighted by atomic mass is 9.91. The molecule has 1 atom stereocenters. The Kier molecular flexibility index (Phi) is 3.05. The van der Waals surface area contributed by atoms with E-state index in [1.165, 1.54) is 20.9 Å². The predicted molar refractivity (Wildman–Crippen MR) is 86.1 cm³/mol. The van der Waals surface area contributed by atoms with Crippen LogP contribution in [0.25, 0.3) is 10.4 Å². The number of guanidine groups is 1. The van der Waals surface area contributed by atoms with Crippen molar-refractivity contribution in [3.8, 4) is 10.4 Å². The summed E-state index contributed by atoms with van der Waals surface area (Å²) in [6.45, 7) is 5.10. The number of hydrogen-bond acceptors (Lipinski definition) is 4. The third-order valence-electron chi connectivity index (χ3n) is 3.81. The highest BCUT2D eigenvalue weighted by molar-refractivity contribution is 7.15. The molecule has 3 nitrogen and oxygen atoms in total. The minimum Gasteiger partial charge on any atom is -0.370 e. The minimum atomic E-state index is -0.249. The molecule has 0 fully saturated rings. The lowest BCUT2D eigenvalue weighted by Crippen LogP contribution is -2.32. The van der Waals surface area contributed by atoms with Crippen LogP contribution in [0.3, 0.4) is 0 Å². The van der Waals surface area contributed by atoms with Gasteiger partial charge in [-0.15, -0.1) is 11.3 Å². The van der Waals surface area contributed by atoms with E-state index < -0.39 is 0 Å². The number of benzene rings is 1. The fourth-order valence-electron chi connectivity index (χ4n) is 2.67. The topological polar surface area (TPSA) is 41.6 Å². The molecule has 4 heteroatoms. The van der Waals surface area contributed by atoms with E-state index in [0.717, 1.165) is 6.54 Å². The molecule has 1 aliphatic rings. The van der Waals surface area contributed by atoms with Gasteiger partial charge in [-0.1, -0.05) is 18.2 Å². The molecule has 2 heterocycles. The summed E-state index contributed by atoms with van der Waals surface area (Å²) in [6.07, 6.45) is 0. The van der Waals surface area contributed by atoms with E-state index in [4.69, 9.17) is 5.73 Å². The summed E-state index contributed by atoms with van der Waals surface area (Å²) in [6, 6.07) is 13.0. The van der Waals surface area contributed by atoms with Crippen LogP contribution in [0.2, 0.25) is 0 Å². The van der Waals surface area contributed by atoms with Crippen LogP contribution >= 0.6 is 11.3 Å². The van der Waals surface area contributed by atoms with Gasteiger partial charge in [0.05, 0.1) is 0 Å². The van der Waals surface area contributed by atoms with Gasteiger partial charge in [0.1, 0.15) is 5.54 Å².